The molecule has 186 valence electrons. The summed E-state index contributed by atoms with van der Waals surface area (Å²) in [7, 11) is 1.59. The first-order valence-electron chi connectivity index (χ1n) is 11.9. The summed E-state index contributed by atoms with van der Waals surface area (Å²) in [6, 6.07) is 13.5. The highest BCUT2D eigenvalue weighted by Gasteiger charge is 2.31. The van der Waals surface area contributed by atoms with Crippen molar-refractivity contribution in [2.24, 2.45) is 0 Å². The van der Waals surface area contributed by atoms with E-state index in [1.54, 1.807) is 25.3 Å². The fraction of sp³-hybridized carbons (Fsp3) is 0.286. The number of amides is 1. The standard InChI is InChI=1S/C28H25ClF2N2O2S/c1-35-22-12-10-17(18-11-13-24(31)32-15-18)14-19(22)16-33(20-6-3-2-4-7-20)28(34)27-26(29)25-21(30)8-5-9-23(25)36-27/h5,8-15,20H,2-4,6-7,16H2,1H3. The van der Waals surface area contributed by atoms with Crippen LogP contribution in [0.2, 0.25) is 5.02 Å². The Hall–Kier alpha value is -3.03. The average molecular weight is 527 g/mol. The van der Waals surface area contributed by atoms with Gasteiger partial charge in [-0.3, -0.25) is 4.79 Å². The molecule has 0 unspecified atom stereocenters. The first-order chi connectivity index (χ1) is 17.5. The zero-order valence-electron chi connectivity index (χ0n) is 19.8. The molecule has 4 aromatic rings. The summed E-state index contributed by atoms with van der Waals surface area (Å²) in [6.07, 6.45) is 6.50. The third-order valence-electron chi connectivity index (χ3n) is 6.76. The number of rotatable bonds is 6. The number of fused-ring (bicyclic) bond motifs is 1. The lowest BCUT2D eigenvalue weighted by Crippen LogP contribution is -2.40. The van der Waals surface area contributed by atoms with E-state index in [0.29, 0.717) is 27.3 Å². The quantitative estimate of drug-likeness (QED) is 0.240. The second kappa shape index (κ2) is 10.5. The van der Waals surface area contributed by atoms with Gasteiger partial charge >= 0.3 is 0 Å². The van der Waals surface area contributed by atoms with Gasteiger partial charge in [0.25, 0.3) is 5.91 Å². The minimum atomic E-state index is -0.543. The monoisotopic (exact) mass is 526 g/mol. The van der Waals surface area contributed by atoms with Gasteiger partial charge in [0, 0.05) is 40.0 Å². The Bertz CT molecular complexity index is 1400. The van der Waals surface area contributed by atoms with Gasteiger partial charge < -0.3 is 9.64 Å². The van der Waals surface area contributed by atoms with Crippen LogP contribution in [0.1, 0.15) is 47.3 Å². The maximum absolute atomic E-state index is 14.5. The Morgan fingerprint density at radius 2 is 1.89 bits per heavy atom. The van der Waals surface area contributed by atoms with E-state index >= 15 is 0 Å². The average Bonchev–Trinajstić information content (AvgIpc) is 3.25. The third-order valence-corrected chi connectivity index (χ3v) is 8.39. The van der Waals surface area contributed by atoms with Gasteiger partial charge in [0.1, 0.15) is 16.4 Å². The first kappa shape index (κ1) is 24.7. The van der Waals surface area contributed by atoms with Crippen LogP contribution in [0.5, 0.6) is 5.75 Å². The summed E-state index contributed by atoms with van der Waals surface area (Å²) in [6.45, 7) is 0.308. The largest absolute Gasteiger partial charge is 0.496 e. The molecule has 0 N–H and O–H groups in total. The molecule has 1 aliphatic rings. The number of carbonyl (C=O) groups is 1. The van der Waals surface area contributed by atoms with Crippen molar-refractivity contribution < 1.29 is 18.3 Å². The van der Waals surface area contributed by atoms with Gasteiger partial charge in [0.05, 0.1) is 12.1 Å². The molecular formula is C28H25ClF2N2O2S. The number of pyridine rings is 1. The number of benzene rings is 2. The maximum atomic E-state index is 14.5. The van der Waals surface area contributed by atoms with Gasteiger partial charge in [-0.25, -0.2) is 9.37 Å². The number of nitrogens with zero attached hydrogens (tertiary/aromatic N) is 2. The minimum absolute atomic E-state index is 0.0400. The van der Waals surface area contributed by atoms with Crippen LogP contribution in [0, 0.1) is 11.8 Å². The van der Waals surface area contributed by atoms with Crippen LogP contribution < -0.4 is 4.74 Å². The Balaban J connectivity index is 1.55. The zero-order valence-corrected chi connectivity index (χ0v) is 21.3. The highest BCUT2D eigenvalue weighted by molar-refractivity contribution is 7.21. The van der Waals surface area contributed by atoms with E-state index in [2.05, 4.69) is 4.98 Å². The van der Waals surface area contributed by atoms with E-state index in [0.717, 1.165) is 48.8 Å². The van der Waals surface area contributed by atoms with Crippen molar-refractivity contribution in [1.82, 2.24) is 9.88 Å². The summed E-state index contributed by atoms with van der Waals surface area (Å²) in [5.41, 5.74) is 2.43. The number of methoxy groups -OCH3 is 1. The molecule has 36 heavy (non-hydrogen) atoms. The summed E-state index contributed by atoms with van der Waals surface area (Å²) < 4.78 is 34.1. The van der Waals surface area contributed by atoms with Crippen molar-refractivity contribution in [1.29, 1.82) is 0 Å². The number of ether oxygens (including phenoxy) is 1. The van der Waals surface area contributed by atoms with Crippen LogP contribution >= 0.6 is 22.9 Å². The maximum Gasteiger partial charge on any atom is 0.266 e. The van der Waals surface area contributed by atoms with Gasteiger partial charge in [0.15, 0.2) is 0 Å². The number of thiophene rings is 1. The van der Waals surface area contributed by atoms with Crippen LogP contribution in [0.15, 0.2) is 54.7 Å². The SMILES string of the molecule is COc1ccc(-c2ccc(F)nc2)cc1CN(C(=O)c1sc2cccc(F)c2c1Cl)C1CCCCC1. The Morgan fingerprint density at radius 3 is 2.58 bits per heavy atom. The number of hydrogen-bond donors (Lipinski definition) is 0. The number of halogens is 3. The molecule has 1 fully saturated rings. The molecule has 1 amide bonds. The fourth-order valence-electron chi connectivity index (χ4n) is 4.91. The molecule has 2 aromatic carbocycles. The van der Waals surface area contributed by atoms with Crippen LogP contribution in [0.25, 0.3) is 21.2 Å². The highest BCUT2D eigenvalue weighted by atomic mass is 35.5. The van der Waals surface area contributed by atoms with Crippen LogP contribution in [0.4, 0.5) is 8.78 Å². The molecule has 0 spiro atoms. The molecule has 0 radical (unpaired) electrons. The molecule has 0 bridgehead atoms. The molecule has 5 rings (SSSR count). The molecule has 1 aliphatic carbocycles. The van der Waals surface area contributed by atoms with Crippen molar-refractivity contribution in [3.8, 4) is 16.9 Å². The molecular weight excluding hydrogens is 502 g/mol. The lowest BCUT2D eigenvalue weighted by atomic mass is 9.93. The predicted molar refractivity (Wildman–Crippen MR) is 140 cm³/mol. The van der Waals surface area contributed by atoms with Crippen LogP contribution in [-0.2, 0) is 6.54 Å². The zero-order chi connectivity index (χ0) is 25.2. The van der Waals surface area contributed by atoms with Crippen molar-refractivity contribution in [2.75, 3.05) is 7.11 Å². The molecule has 2 aromatic heterocycles. The van der Waals surface area contributed by atoms with E-state index in [4.69, 9.17) is 16.3 Å². The van der Waals surface area contributed by atoms with Crippen LogP contribution in [-0.4, -0.2) is 28.9 Å². The van der Waals surface area contributed by atoms with Crippen molar-refractivity contribution >= 4 is 38.9 Å². The van der Waals surface area contributed by atoms with Gasteiger partial charge in [0.2, 0.25) is 5.95 Å². The van der Waals surface area contributed by atoms with Gasteiger partial charge in [-0.1, -0.05) is 43.0 Å². The summed E-state index contributed by atoms with van der Waals surface area (Å²) in [5, 5.41) is 0.455. The molecule has 0 atom stereocenters. The number of carbonyl (C=O) groups excluding carboxylic acids is 1. The molecule has 0 aliphatic heterocycles. The van der Waals surface area contributed by atoms with E-state index in [9.17, 15) is 13.6 Å². The predicted octanol–water partition coefficient (Wildman–Crippen LogP) is 7.88. The summed E-state index contributed by atoms with van der Waals surface area (Å²) in [5.74, 6) is -0.531. The lowest BCUT2D eigenvalue weighted by molar-refractivity contribution is 0.0618. The summed E-state index contributed by atoms with van der Waals surface area (Å²) >= 11 is 7.80. The van der Waals surface area contributed by atoms with E-state index in [-0.39, 0.29) is 17.0 Å². The fourth-order valence-corrected chi connectivity index (χ4v) is 6.42. The molecule has 8 heteroatoms. The minimum Gasteiger partial charge on any atom is -0.496 e. The lowest BCUT2D eigenvalue weighted by Gasteiger charge is -2.34. The number of hydrogen-bond acceptors (Lipinski definition) is 4. The number of aromatic nitrogens is 1. The molecule has 0 saturated heterocycles. The molecule has 2 heterocycles. The Labute approximate surface area is 217 Å². The smallest absolute Gasteiger partial charge is 0.266 e. The second-order valence-electron chi connectivity index (χ2n) is 8.98. The van der Waals surface area contributed by atoms with Crippen molar-refractivity contribution in [3.05, 3.63) is 82.0 Å². The van der Waals surface area contributed by atoms with Crippen molar-refractivity contribution in [2.45, 2.75) is 44.7 Å². The summed E-state index contributed by atoms with van der Waals surface area (Å²) in [4.78, 5) is 19.9. The highest BCUT2D eigenvalue weighted by Crippen LogP contribution is 2.39. The van der Waals surface area contributed by atoms with E-state index in [1.165, 1.54) is 29.7 Å². The second-order valence-corrected chi connectivity index (χ2v) is 10.4. The molecule has 1 saturated carbocycles. The van der Waals surface area contributed by atoms with Gasteiger partial charge in [-0.2, -0.15) is 4.39 Å². The Morgan fingerprint density at radius 1 is 1.11 bits per heavy atom. The van der Waals surface area contributed by atoms with E-state index in [1.807, 2.05) is 23.1 Å². The van der Waals surface area contributed by atoms with Crippen LogP contribution in [0.3, 0.4) is 0 Å². The van der Waals surface area contributed by atoms with Gasteiger partial charge in [-0.05, 0) is 54.8 Å². The van der Waals surface area contributed by atoms with Crippen molar-refractivity contribution in [3.63, 3.8) is 0 Å². The Kier molecular flexibility index (Phi) is 7.21. The van der Waals surface area contributed by atoms with E-state index < -0.39 is 11.8 Å². The molecule has 4 nitrogen and oxygen atoms in total. The van der Waals surface area contributed by atoms with Gasteiger partial charge in [-0.15, -0.1) is 11.3 Å². The normalized spacial score (nSPS) is 14.2. The third kappa shape index (κ3) is 4.82. The first-order valence-corrected chi connectivity index (χ1v) is 13.1. The topological polar surface area (TPSA) is 42.4 Å².